The number of aryl methyl sites for hydroxylation is 1. The van der Waals surface area contributed by atoms with Gasteiger partial charge in [-0.25, -0.2) is 0 Å². The van der Waals surface area contributed by atoms with Crippen molar-refractivity contribution < 1.29 is 4.57 Å². The standard InChI is InChI=1S/C16H10Cl2N2/c1-20-13-5-3-2-4-11(13)14(18)15-16(20)10-7-6-9(17)8-12(10)19-15/h2-8H,1H3/p+1. The molecule has 0 saturated heterocycles. The van der Waals surface area contributed by atoms with E-state index in [1.807, 2.05) is 36.4 Å². The third-order valence-electron chi connectivity index (χ3n) is 3.79. The first-order chi connectivity index (χ1) is 9.66. The van der Waals surface area contributed by atoms with E-state index in [9.17, 15) is 0 Å². The number of H-pyrrole nitrogens is 1. The van der Waals surface area contributed by atoms with E-state index in [1.165, 1.54) is 0 Å². The highest BCUT2D eigenvalue weighted by Crippen LogP contribution is 2.33. The lowest BCUT2D eigenvalue weighted by molar-refractivity contribution is -0.616. The fraction of sp³-hybridized carbons (Fsp3) is 0.0625. The quantitative estimate of drug-likeness (QED) is 0.458. The molecule has 0 bridgehead atoms. The van der Waals surface area contributed by atoms with E-state index in [0.717, 1.165) is 37.9 Å². The molecular formula is C16H11Cl2N2+. The molecule has 0 atom stereocenters. The van der Waals surface area contributed by atoms with Crippen LogP contribution in [0.1, 0.15) is 0 Å². The lowest BCUT2D eigenvalue weighted by atomic mass is 10.1. The van der Waals surface area contributed by atoms with Gasteiger partial charge in [-0.1, -0.05) is 35.3 Å². The summed E-state index contributed by atoms with van der Waals surface area (Å²) in [5.74, 6) is 0. The highest BCUT2D eigenvalue weighted by atomic mass is 35.5. The maximum Gasteiger partial charge on any atom is 0.240 e. The Morgan fingerprint density at radius 2 is 1.80 bits per heavy atom. The van der Waals surface area contributed by atoms with Crippen molar-refractivity contribution in [2.45, 2.75) is 0 Å². The van der Waals surface area contributed by atoms with Gasteiger partial charge in [0.2, 0.25) is 11.0 Å². The zero-order chi connectivity index (χ0) is 13.9. The molecular weight excluding hydrogens is 291 g/mol. The molecule has 0 radical (unpaired) electrons. The highest BCUT2D eigenvalue weighted by molar-refractivity contribution is 6.40. The van der Waals surface area contributed by atoms with Gasteiger partial charge in [0, 0.05) is 11.1 Å². The number of aromatic nitrogens is 2. The van der Waals surface area contributed by atoms with Crippen molar-refractivity contribution in [1.82, 2.24) is 4.98 Å². The van der Waals surface area contributed by atoms with E-state index in [4.69, 9.17) is 23.2 Å². The van der Waals surface area contributed by atoms with Crippen LogP contribution in [0.15, 0.2) is 42.5 Å². The van der Waals surface area contributed by atoms with Gasteiger partial charge in [-0.05, 0) is 24.3 Å². The summed E-state index contributed by atoms with van der Waals surface area (Å²) in [5.41, 5.74) is 4.16. The van der Waals surface area contributed by atoms with Crippen LogP contribution in [0.2, 0.25) is 10.0 Å². The van der Waals surface area contributed by atoms with Crippen molar-refractivity contribution in [3.63, 3.8) is 0 Å². The molecule has 0 spiro atoms. The number of hydrogen-bond donors (Lipinski definition) is 1. The molecule has 2 heterocycles. The largest absolute Gasteiger partial charge is 0.348 e. The predicted molar refractivity (Wildman–Crippen MR) is 84.5 cm³/mol. The van der Waals surface area contributed by atoms with E-state index < -0.39 is 0 Å². The van der Waals surface area contributed by atoms with Gasteiger partial charge in [0.15, 0.2) is 0 Å². The Hall–Kier alpha value is -1.77. The van der Waals surface area contributed by atoms with Crippen LogP contribution in [0.3, 0.4) is 0 Å². The molecule has 0 unspecified atom stereocenters. The van der Waals surface area contributed by atoms with Gasteiger partial charge in [0.1, 0.15) is 12.6 Å². The molecule has 0 saturated carbocycles. The van der Waals surface area contributed by atoms with Gasteiger partial charge in [-0.2, -0.15) is 4.57 Å². The molecule has 4 heteroatoms. The molecule has 0 fully saturated rings. The second kappa shape index (κ2) is 4.11. The minimum absolute atomic E-state index is 0.715. The van der Waals surface area contributed by atoms with Crippen LogP contribution in [0, 0.1) is 0 Å². The Bertz CT molecular complexity index is 986. The van der Waals surface area contributed by atoms with Gasteiger partial charge in [-0.3, -0.25) is 0 Å². The molecule has 0 aliphatic rings. The number of rotatable bonds is 0. The number of fused-ring (bicyclic) bond motifs is 4. The third kappa shape index (κ3) is 1.49. The van der Waals surface area contributed by atoms with Gasteiger partial charge >= 0.3 is 0 Å². The SMILES string of the molecule is C[n+]1c2ccccc2c(Cl)c2[nH]c3cc(Cl)ccc3c21. The highest BCUT2D eigenvalue weighted by Gasteiger charge is 2.21. The molecule has 0 aliphatic heterocycles. The number of para-hydroxylation sites is 1. The number of nitrogens with one attached hydrogen (secondary N) is 1. The number of nitrogens with zero attached hydrogens (tertiary/aromatic N) is 1. The van der Waals surface area contributed by atoms with Crippen molar-refractivity contribution in [3.8, 4) is 0 Å². The monoisotopic (exact) mass is 301 g/mol. The molecule has 1 N–H and O–H groups in total. The Morgan fingerprint density at radius 3 is 2.65 bits per heavy atom. The number of pyridine rings is 1. The molecule has 4 rings (SSSR count). The van der Waals surface area contributed by atoms with Crippen LogP contribution in [0.25, 0.3) is 32.8 Å². The smallest absolute Gasteiger partial charge is 0.240 e. The molecule has 2 nitrogen and oxygen atoms in total. The third-order valence-corrected chi connectivity index (χ3v) is 4.42. The van der Waals surface area contributed by atoms with E-state index in [0.29, 0.717) is 5.02 Å². The van der Waals surface area contributed by atoms with E-state index in [-0.39, 0.29) is 0 Å². The molecule has 4 aromatic rings. The molecule has 0 amide bonds. The normalized spacial score (nSPS) is 11.8. The predicted octanol–water partition coefficient (Wildman–Crippen LogP) is 4.61. The topological polar surface area (TPSA) is 19.7 Å². The summed E-state index contributed by atoms with van der Waals surface area (Å²) in [7, 11) is 2.06. The van der Waals surface area contributed by atoms with Gasteiger partial charge in [-0.15, -0.1) is 0 Å². The van der Waals surface area contributed by atoms with Crippen molar-refractivity contribution in [2.24, 2.45) is 7.05 Å². The number of halogens is 2. The maximum absolute atomic E-state index is 6.58. The summed E-state index contributed by atoms with van der Waals surface area (Å²) >= 11 is 12.7. The minimum Gasteiger partial charge on any atom is -0.348 e. The fourth-order valence-electron chi connectivity index (χ4n) is 2.87. The van der Waals surface area contributed by atoms with Crippen molar-refractivity contribution in [1.29, 1.82) is 0 Å². The Balaban J connectivity index is 2.35. The zero-order valence-electron chi connectivity index (χ0n) is 10.7. The summed E-state index contributed by atoms with van der Waals surface area (Å²) in [6, 6.07) is 14.0. The average Bonchev–Trinajstić information content (AvgIpc) is 2.83. The Kier molecular flexibility index (Phi) is 2.47. The van der Waals surface area contributed by atoms with Gasteiger partial charge < -0.3 is 4.98 Å². The minimum atomic E-state index is 0.715. The summed E-state index contributed by atoms with van der Waals surface area (Å²) in [5, 5.41) is 3.63. The molecule has 0 aliphatic carbocycles. The van der Waals surface area contributed by atoms with E-state index in [2.05, 4.69) is 22.7 Å². The van der Waals surface area contributed by atoms with Gasteiger partial charge in [0.05, 0.1) is 21.3 Å². The van der Waals surface area contributed by atoms with Crippen molar-refractivity contribution in [2.75, 3.05) is 0 Å². The lowest BCUT2D eigenvalue weighted by Crippen LogP contribution is -2.29. The molecule has 2 aromatic carbocycles. The molecule has 2 aromatic heterocycles. The first-order valence-electron chi connectivity index (χ1n) is 6.34. The van der Waals surface area contributed by atoms with Crippen LogP contribution in [0.5, 0.6) is 0 Å². The number of hydrogen-bond acceptors (Lipinski definition) is 0. The Morgan fingerprint density at radius 1 is 1.00 bits per heavy atom. The van der Waals surface area contributed by atoms with Crippen molar-refractivity contribution >= 4 is 56.0 Å². The van der Waals surface area contributed by atoms with E-state index in [1.54, 1.807) is 0 Å². The number of aromatic amines is 1. The second-order valence-electron chi connectivity index (χ2n) is 4.93. The van der Waals surface area contributed by atoms with Crippen LogP contribution in [-0.2, 0) is 7.05 Å². The van der Waals surface area contributed by atoms with Crippen LogP contribution < -0.4 is 4.57 Å². The van der Waals surface area contributed by atoms with Crippen molar-refractivity contribution in [3.05, 3.63) is 52.5 Å². The van der Waals surface area contributed by atoms with Gasteiger partial charge in [0.25, 0.3) is 0 Å². The number of benzene rings is 2. The first-order valence-corrected chi connectivity index (χ1v) is 7.09. The Labute approximate surface area is 125 Å². The van der Waals surface area contributed by atoms with Crippen LogP contribution in [0.4, 0.5) is 0 Å². The molecule has 20 heavy (non-hydrogen) atoms. The summed E-state index contributed by atoms with van der Waals surface area (Å²) in [4.78, 5) is 3.38. The summed E-state index contributed by atoms with van der Waals surface area (Å²) < 4.78 is 2.17. The fourth-order valence-corrected chi connectivity index (χ4v) is 3.34. The average molecular weight is 302 g/mol. The van der Waals surface area contributed by atoms with Crippen LogP contribution in [-0.4, -0.2) is 4.98 Å². The first kappa shape index (κ1) is 12.0. The maximum atomic E-state index is 6.58. The second-order valence-corrected chi connectivity index (χ2v) is 5.74. The lowest BCUT2D eigenvalue weighted by Gasteiger charge is -2.01. The summed E-state index contributed by atoms with van der Waals surface area (Å²) in [6.07, 6.45) is 0. The van der Waals surface area contributed by atoms with Crippen LogP contribution >= 0.6 is 23.2 Å². The zero-order valence-corrected chi connectivity index (χ0v) is 12.3. The van der Waals surface area contributed by atoms with E-state index >= 15 is 0 Å². The molecule has 98 valence electrons. The summed E-state index contributed by atoms with van der Waals surface area (Å²) in [6.45, 7) is 0.